The van der Waals surface area contributed by atoms with E-state index in [0.717, 1.165) is 22.7 Å². The molecule has 0 aliphatic rings. The highest BCUT2D eigenvalue weighted by Crippen LogP contribution is 2.36. The predicted octanol–water partition coefficient (Wildman–Crippen LogP) is 5.36. The molecule has 38 heavy (non-hydrogen) atoms. The molecule has 0 radical (unpaired) electrons. The molecule has 202 valence electrons. The van der Waals surface area contributed by atoms with Crippen LogP contribution in [-0.2, 0) is 26.2 Å². The summed E-state index contributed by atoms with van der Waals surface area (Å²) in [6.45, 7) is 3.58. The second kappa shape index (κ2) is 11.1. The molecule has 8 nitrogen and oxygen atoms in total. The van der Waals surface area contributed by atoms with Gasteiger partial charge >= 0.3 is 6.18 Å². The summed E-state index contributed by atoms with van der Waals surface area (Å²) < 4.78 is 91.6. The smallest absolute Gasteiger partial charge is 0.322 e. The molecule has 0 heterocycles. The zero-order valence-electron chi connectivity index (χ0n) is 19.7. The Hall–Kier alpha value is -3.55. The van der Waals surface area contributed by atoms with Crippen molar-refractivity contribution < 1.29 is 34.8 Å². The van der Waals surface area contributed by atoms with Crippen molar-refractivity contribution in [2.24, 2.45) is 0 Å². The molecule has 0 aliphatic heterocycles. The van der Waals surface area contributed by atoms with E-state index in [4.69, 9.17) is 11.6 Å². The number of carbonyl (C=O) groups excluding carboxylic acids is 1. The van der Waals surface area contributed by atoms with Crippen LogP contribution in [0.25, 0.3) is 0 Å². The summed E-state index contributed by atoms with van der Waals surface area (Å²) >= 11 is 5.56. The van der Waals surface area contributed by atoms with E-state index in [-0.39, 0.29) is 28.4 Å². The Morgan fingerprint density at radius 2 is 1.55 bits per heavy atom. The van der Waals surface area contributed by atoms with E-state index in [2.05, 4.69) is 16.6 Å². The van der Waals surface area contributed by atoms with Crippen LogP contribution in [0, 0.1) is 0 Å². The van der Waals surface area contributed by atoms with Crippen molar-refractivity contribution in [3.05, 3.63) is 95.5 Å². The van der Waals surface area contributed by atoms with Crippen molar-refractivity contribution in [2.75, 3.05) is 27.1 Å². The van der Waals surface area contributed by atoms with Crippen LogP contribution in [0.15, 0.2) is 84.3 Å². The fraction of sp³-hybridized carbons (Fsp3) is 0.125. The van der Waals surface area contributed by atoms with Crippen LogP contribution in [0.3, 0.4) is 0 Å². The molecule has 14 heteroatoms. The topological polar surface area (TPSA) is 113 Å². The number of hydrogen-bond acceptors (Lipinski definition) is 5. The van der Waals surface area contributed by atoms with Gasteiger partial charge in [-0.05, 0) is 66.7 Å². The van der Waals surface area contributed by atoms with Gasteiger partial charge in [-0.1, -0.05) is 17.7 Å². The van der Waals surface area contributed by atoms with Gasteiger partial charge < -0.3 is 5.32 Å². The monoisotopic (exact) mass is 587 g/mol. The van der Waals surface area contributed by atoms with Crippen molar-refractivity contribution in [1.82, 2.24) is 0 Å². The van der Waals surface area contributed by atoms with Crippen molar-refractivity contribution in [2.45, 2.75) is 11.1 Å². The average Bonchev–Trinajstić information content (AvgIpc) is 2.82. The molecular weight excluding hydrogens is 567 g/mol. The van der Waals surface area contributed by atoms with Crippen LogP contribution in [0.4, 0.5) is 30.2 Å². The van der Waals surface area contributed by atoms with Crippen molar-refractivity contribution >= 4 is 54.6 Å². The van der Waals surface area contributed by atoms with Gasteiger partial charge in [-0.2, -0.15) is 13.2 Å². The Balaban J connectivity index is 1.72. The van der Waals surface area contributed by atoms with Gasteiger partial charge in [0.1, 0.15) is 0 Å². The van der Waals surface area contributed by atoms with Gasteiger partial charge in [0.05, 0.1) is 34.0 Å². The molecule has 0 aromatic heterocycles. The molecule has 1 amide bonds. The van der Waals surface area contributed by atoms with E-state index in [1.165, 1.54) is 54.6 Å². The minimum atomic E-state index is -4.77. The minimum Gasteiger partial charge on any atom is -0.322 e. The average molecular weight is 588 g/mol. The molecule has 3 rings (SSSR count). The number of sulfonamides is 2. The number of anilines is 3. The molecular formula is C24H21ClF3N3O5S2. The van der Waals surface area contributed by atoms with Crippen molar-refractivity contribution in [1.29, 1.82) is 0 Å². The Morgan fingerprint density at radius 1 is 0.974 bits per heavy atom. The first-order valence-corrected chi connectivity index (χ1v) is 14.3. The lowest BCUT2D eigenvalue weighted by Gasteiger charge is -2.20. The van der Waals surface area contributed by atoms with Gasteiger partial charge in [0, 0.05) is 16.9 Å². The van der Waals surface area contributed by atoms with Crippen LogP contribution in [0.1, 0.15) is 15.9 Å². The lowest BCUT2D eigenvalue weighted by atomic mass is 10.2. The zero-order chi connectivity index (χ0) is 28.3. The lowest BCUT2D eigenvalue weighted by Crippen LogP contribution is -2.29. The second-order valence-corrected chi connectivity index (χ2v) is 11.9. The third kappa shape index (κ3) is 7.05. The van der Waals surface area contributed by atoms with Gasteiger partial charge in [-0.15, -0.1) is 6.58 Å². The predicted molar refractivity (Wildman–Crippen MR) is 140 cm³/mol. The van der Waals surface area contributed by atoms with E-state index in [1.54, 1.807) is 0 Å². The first-order valence-electron chi connectivity index (χ1n) is 10.6. The number of halogens is 4. The highest BCUT2D eigenvalue weighted by molar-refractivity contribution is 7.92. The fourth-order valence-electron chi connectivity index (χ4n) is 3.27. The van der Waals surface area contributed by atoms with Gasteiger partial charge in [-0.3, -0.25) is 13.8 Å². The molecule has 3 aromatic rings. The highest BCUT2D eigenvalue weighted by atomic mass is 35.5. The lowest BCUT2D eigenvalue weighted by molar-refractivity contribution is -0.137. The van der Waals surface area contributed by atoms with Crippen LogP contribution in [-0.4, -0.2) is 35.5 Å². The Morgan fingerprint density at radius 3 is 2.08 bits per heavy atom. The van der Waals surface area contributed by atoms with Gasteiger partial charge in [0.15, 0.2) is 0 Å². The number of carbonyl (C=O) groups is 1. The Kier molecular flexibility index (Phi) is 8.44. The maximum absolute atomic E-state index is 13.1. The number of nitrogens with zero attached hydrogens (tertiary/aromatic N) is 1. The summed E-state index contributed by atoms with van der Waals surface area (Å²) in [5.41, 5.74) is -0.718. The van der Waals surface area contributed by atoms with Crippen LogP contribution in [0.2, 0.25) is 5.02 Å². The summed E-state index contributed by atoms with van der Waals surface area (Å²) in [5.74, 6) is -0.541. The first-order chi connectivity index (χ1) is 17.6. The number of nitrogens with one attached hydrogen (secondary N) is 2. The summed E-state index contributed by atoms with van der Waals surface area (Å²) in [4.78, 5) is 12.3. The summed E-state index contributed by atoms with van der Waals surface area (Å²) in [6.07, 6.45) is -2.29. The number of amides is 1. The van der Waals surface area contributed by atoms with Gasteiger partial charge in [0.25, 0.3) is 15.9 Å². The molecule has 0 bridgehead atoms. The van der Waals surface area contributed by atoms with Crippen LogP contribution in [0.5, 0.6) is 0 Å². The maximum Gasteiger partial charge on any atom is 0.417 e. The normalized spacial score (nSPS) is 12.0. The minimum absolute atomic E-state index is 0.0516. The van der Waals surface area contributed by atoms with Gasteiger partial charge in [-0.25, -0.2) is 16.8 Å². The fourth-order valence-corrected chi connectivity index (χ4v) is 5.42. The van der Waals surface area contributed by atoms with Crippen molar-refractivity contribution in [3.8, 4) is 0 Å². The van der Waals surface area contributed by atoms with Crippen LogP contribution < -0.4 is 14.3 Å². The molecule has 0 fully saturated rings. The van der Waals surface area contributed by atoms with Gasteiger partial charge in [0.2, 0.25) is 10.0 Å². The molecule has 2 N–H and O–H groups in total. The Bertz CT molecular complexity index is 1560. The SMILES string of the molecule is C=CCN(c1ccc(C(=O)Nc2ccc(S(=O)(=O)Nc3ccc(Cl)c(C(F)(F)F)c3)cc2)cc1)S(C)(=O)=O. The third-order valence-electron chi connectivity index (χ3n) is 5.06. The number of rotatable bonds is 9. The first kappa shape index (κ1) is 29.0. The molecule has 0 atom stereocenters. The summed E-state index contributed by atoms with van der Waals surface area (Å²) in [5, 5.41) is 2.01. The van der Waals surface area contributed by atoms with Crippen molar-refractivity contribution in [3.63, 3.8) is 0 Å². The third-order valence-corrected chi connectivity index (χ3v) is 7.95. The number of alkyl halides is 3. The largest absolute Gasteiger partial charge is 0.417 e. The molecule has 0 saturated carbocycles. The van der Waals surface area contributed by atoms with E-state index < -0.39 is 42.7 Å². The molecule has 0 unspecified atom stereocenters. The highest BCUT2D eigenvalue weighted by Gasteiger charge is 2.33. The van der Waals surface area contributed by atoms with Crippen LogP contribution >= 0.6 is 11.6 Å². The van der Waals surface area contributed by atoms with E-state index >= 15 is 0 Å². The maximum atomic E-state index is 13.1. The molecule has 0 saturated heterocycles. The standard InChI is InChI=1S/C24H21ClF3N3O5S2/c1-3-14-31(37(2,33)34)19-9-4-16(5-10-19)23(32)29-17-6-11-20(12-7-17)38(35,36)30-18-8-13-22(25)21(15-18)24(26,27)28/h3-13,15,30H,1,14H2,2H3,(H,29,32). The van der Waals surface area contributed by atoms with E-state index in [1.807, 2.05) is 0 Å². The summed E-state index contributed by atoms with van der Waals surface area (Å²) in [6, 6.07) is 13.3. The molecule has 0 aliphatic carbocycles. The quantitative estimate of drug-likeness (QED) is 0.327. The second-order valence-electron chi connectivity index (χ2n) is 7.91. The molecule has 3 aromatic carbocycles. The number of hydrogen-bond donors (Lipinski definition) is 2. The van der Waals surface area contributed by atoms with E-state index in [0.29, 0.717) is 11.8 Å². The summed E-state index contributed by atoms with van der Waals surface area (Å²) in [7, 11) is -7.81. The number of benzene rings is 3. The Labute approximate surface area is 222 Å². The zero-order valence-corrected chi connectivity index (χ0v) is 22.0. The molecule has 0 spiro atoms. The van der Waals surface area contributed by atoms with E-state index in [9.17, 15) is 34.8 Å².